The fourth-order valence-electron chi connectivity index (χ4n) is 2.27. The molecule has 1 rings (SSSR count). The van der Waals surface area contributed by atoms with Crippen molar-refractivity contribution >= 4 is 11.9 Å². The third-order valence-corrected chi connectivity index (χ3v) is 3.17. The third kappa shape index (κ3) is 3.98. The summed E-state index contributed by atoms with van der Waals surface area (Å²) in [5, 5.41) is 0. The average Bonchev–Trinajstić information content (AvgIpc) is 2.25. The summed E-state index contributed by atoms with van der Waals surface area (Å²) in [5.41, 5.74) is 4.91. The van der Waals surface area contributed by atoms with Gasteiger partial charge < -0.3 is 15.4 Å². The lowest BCUT2D eigenvalue weighted by Crippen LogP contribution is -2.47. The summed E-state index contributed by atoms with van der Waals surface area (Å²) in [4.78, 5) is 25.2. The number of nitrogens with zero attached hydrogens (tertiary/aromatic N) is 1. The first-order valence-electron chi connectivity index (χ1n) is 6.45. The molecule has 0 saturated carbocycles. The second-order valence-corrected chi connectivity index (χ2v) is 5.97. The van der Waals surface area contributed by atoms with Gasteiger partial charge in [-0.2, -0.15) is 0 Å². The SMILES string of the molecule is CC1CN(C(=O)OC(C)(C)C)CCC1C(=O)CN. The molecule has 0 radical (unpaired) electrons. The van der Waals surface area contributed by atoms with E-state index in [9.17, 15) is 9.59 Å². The highest BCUT2D eigenvalue weighted by atomic mass is 16.6. The summed E-state index contributed by atoms with van der Waals surface area (Å²) in [6, 6.07) is 0. The molecule has 2 N–H and O–H groups in total. The van der Waals surface area contributed by atoms with Gasteiger partial charge in [-0.3, -0.25) is 4.79 Å². The highest BCUT2D eigenvalue weighted by molar-refractivity contribution is 5.83. The molecule has 5 nitrogen and oxygen atoms in total. The number of piperidine rings is 1. The van der Waals surface area contributed by atoms with Crippen molar-refractivity contribution in [2.24, 2.45) is 17.6 Å². The average molecular weight is 256 g/mol. The monoisotopic (exact) mass is 256 g/mol. The Morgan fingerprint density at radius 1 is 1.39 bits per heavy atom. The molecule has 0 aromatic rings. The van der Waals surface area contributed by atoms with Gasteiger partial charge in [0.15, 0.2) is 0 Å². The number of hydrogen-bond acceptors (Lipinski definition) is 4. The van der Waals surface area contributed by atoms with Crippen LogP contribution in [0.1, 0.15) is 34.1 Å². The Morgan fingerprint density at radius 3 is 2.44 bits per heavy atom. The molecule has 5 heteroatoms. The number of Topliss-reactive ketones (excluding diaryl/α,β-unsaturated/α-hetero) is 1. The minimum Gasteiger partial charge on any atom is -0.444 e. The molecule has 0 bridgehead atoms. The molecule has 1 fully saturated rings. The number of rotatable bonds is 2. The van der Waals surface area contributed by atoms with Crippen molar-refractivity contribution < 1.29 is 14.3 Å². The van der Waals surface area contributed by atoms with E-state index in [-0.39, 0.29) is 30.3 Å². The predicted molar refractivity (Wildman–Crippen MR) is 69.1 cm³/mol. The Labute approximate surface area is 109 Å². The summed E-state index contributed by atoms with van der Waals surface area (Å²) < 4.78 is 5.32. The molecule has 1 aliphatic heterocycles. The molecule has 2 unspecified atom stereocenters. The van der Waals surface area contributed by atoms with Crippen LogP contribution in [0.15, 0.2) is 0 Å². The molecule has 0 spiro atoms. The van der Waals surface area contributed by atoms with E-state index in [2.05, 4.69) is 0 Å². The molecule has 1 amide bonds. The van der Waals surface area contributed by atoms with Crippen molar-refractivity contribution in [3.63, 3.8) is 0 Å². The first-order chi connectivity index (χ1) is 8.24. The van der Waals surface area contributed by atoms with Crippen LogP contribution in [0, 0.1) is 11.8 Å². The van der Waals surface area contributed by atoms with Gasteiger partial charge in [-0.1, -0.05) is 6.92 Å². The minimum atomic E-state index is -0.482. The van der Waals surface area contributed by atoms with E-state index >= 15 is 0 Å². The van der Waals surface area contributed by atoms with Crippen LogP contribution in [-0.4, -0.2) is 42.0 Å². The van der Waals surface area contributed by atoms with E-state index in [0.717, 1.165) is 0 Å². The van der Waals surface area contributed by atoms with Crippen molar-refractivity contribution in [2.45, 2.75) is 39.7 Å². The second-order valence-electron chi connectivity index (χ2n) is 5.97. The number of carbonyl (C=O) groups excluding carboxylic acids is 2. The van der Waals surface area contributed by atoms with Crippen LogP contribution >= 0.6 is 0 Å². The Hall–Kier alpha value is -1.10. The Kier molecular flexibility index (Phi) is 4.73. The highest BCUT2D eigenvalue weighted by Gasteiger charge is 2.33. The van der Waals surface area contributed by atoms with Gasteiger partial charge in [-0.25, -0.2) is 4.79 Å². The number of hydrogen-bond donors (Lipinski definition) is 1. The maximum absolute atomic E-state index is 11.9. The first-order valence-corrected chi connectivity index (χ1v) is 6.45. The van der Waals surface area contributed by atoms with E-state index in [4.69, 9.17) is 10.5 Å². The number of carbonyl (C=O) groups is 2. The van der Waals surface area contributed by atoms with Gasteiger partial charge in [0.05, 0.1) is 6.54 Å². The Bertz CT molecular complexity index is 323. The molecular weight excluding hydrogens is 232 g/mol. The van der Waals surface area contributed by atoms with Gasteiger partial charge >= 0.3 is 6.09 Å². The van der Waals surface area contributed by atoms with Gasteiger partial charge in [0.1, 0.15) is 11.4 Å². The van der Waals surface area contributed by atoms with Crippen LogP contribution < -0.4 is 5.73 Å². The molecule has 1 heterocycles. The summed E-state index contributed by atoms with van der Waals surface area (Å²) in [6.45, 7) is 8.73. The molecule has 1 saturated heterocycles. The van der Waals surface area contributed by atoms with Crippen molar-refractivity contribution in [3.8, 4) is 0 Å². The highest BCUT2D eigenvalue weighted by Crippen LogP contribution is 2.25. The minimum absolute atomic E-state index is 0.0197. The van der Waals surface area contributed by atoms with Gasteiger partial charge in [-0.15, -0.1) is 0 Å². The fraction of sp³-hybridized carbons (Fsp3) is 0.846. The number of nitrogens with two attached hydrogens (primary N) is 1. The van der Waals surface area contributed by atoms with Gasteiger partial charge in [0.25, 0.3) is 0 Å². The van der Waals surface area contributed by atoms with Crippen LogP contribution in [0.3, 0.4) is 0 Å². The summed E-state index contributed by atoms with van der Waals surface area (Å²) in [6.07, 6.45) is 0.379. The molecule has 0 aromatic carbocycles. The molecule has 1 aliphatic rings. The van der Waals surface area contributed by atoms with Gasteiger partial charge in [-0.05, 0) is 33.1 Å². The van der Waals surface area contributed by atoms with Crippen LogP contribution in [0.2, 0.25) is 0 Å². The molecule has 0 aromatic heterocycles. The first kappa shape index (κ1) is 15.0. The zero-order valence-electron chi connectivity index (χ0n) is 11.7. The molecule has 18 heavy (non-hydrogen) atoms. The predicted octanol–water partition coefficient (Wildman–Crippen LogP) is 1.41. The van der Waals surface area contributed by atoms with Crippen LogP contribution in [0.4, 0.5) is 4.79 Å². The summed E-state index contributed by atoms with van der Waals surface area (Å²) >= 11 is 0. The zero-order valence-corrected chi connectivity index (χ0v) is 11.7. The maximum atomic E-state index is 11.9. The van der Waals surface area contributed by atoms with E-state index in [0.29, 0.717) is 19.5 Å². The number of ketones is 1. The van der Waals surface area contributed by atoms with E-state index in [1.165, 1.54) is 0 Å². The molecule has 104 valence electrons. The summed E-state index contributed by atoms with van der Waals surface area (Å²) in [7, 11) is 0. The largest absolute Gasteiger partial charge is 0.444 e. The normalized spacial score (nSPS) is 24.8. The smallest absolute Gasteiger partial charge is 0.410 e. The number of likely N-dealkylation sites (tertiary alicyclic amines) is 1. The van der Waals surface area contributed by atoms with Crippen molar-refractivity contribution in [2.75, 3.05) is 19.6 Å². The lowest BCUT2D eigenvalue weighted by Gasteiger charge is -2.36. The van der Waals surface area contributed by atoms with E-state index in [1.807, 2.05) is 27.7 Å². The zero-order chi connectivity index (χ0) is 13.9. The standard InChI is InChI=1S/C13H24N2O3/c1-9-8-15(12(17)18-13(2,3)4)6-5-10(9)11(16)7-14/h9-10H,5-8,14H2,1-4H3. The van der Waals surface area contributed by atoms with Gasteiger partial charge in [0, 0.05) is 19.0 Å². The van der Waals surface area contributed by atoms with Crippen molar-refractivity contribution in [1.82, 2.24) is 4.90 Å². The molecule has 0 aliphatic carbocycles. The lowest BCUT2D eigenvalue weighted by atomic mass is 9.84. The Morgan fingerprint density at radius 2 is 2.00 bits per heavy atom. The van der Waals surface area contributed by atoms with Crippen LogP contribution in [0.25, 0.3) is 0 Å². The molecular formula is C13H24N2O3. The lowest BCUT2D eigenvalue weighted by molar-refractivity contribution is -0.124. The Balaban J connectivity index is 2.55. The van der Waals surface area contributed by atoms with Crippen LogP contribution in [0.5, 0.6) is 0 Å². The van der Waals surface area contributed by atoms with Crippen molar-refractivity contribution in [1.29, 1.82) is 0 Å². The van der Waals surface area contributed by atoms with Crippen LogP contribution in [-0.2, 0) is 9.53 Å². The van der Waals surface area contributed by atoms with Gasteiger partial charge in [0.2, 0.25) is 0 Å². The van der Waals surface area contributed by atoms with Crippen molar-refractivity contribution in [3.05, 3.63) is 0 Å². The van der Waals surface area contributed by atoms with E-state index < -0.39 is 5.60 Å². The number of amides is 1. The fourth-order valence-corrected chi connectivity index (χ4v) is 2.27. The second kappa shape index (κ2) is 5.69. The quantitative estimate of drug-likeness (QED) is 0.810. The third-order valence-electron chi connectivity index (χ3n) is 3.17. The summed E-state index contributed by atoms with van der Waals surface area (Å²) in [5.74, 6) is 0.211. The molecule has 2 atom stereocenters. The topological polar surface area (TPSA) is 72.6 Å². The van der Waals surface area contributed by atoms with E-state index in [1.54, 1.807) is 4.90 Å². The number of ether oxygens (including phenoxy) is 1. The maximum Gasteiger partial charge on any atom is 0.410 e.